The van der Waals surface area contributed by atoms with Crippen LogP contribution in [0.2, 0.25) is 5.02 Å². The zero-order chi connectivity index (χ0) is 15.4. The van der Waals surface area contributed by atoms with Gasteiger partial charge in [0.2, 0.25) is 0 Å². The van der Waals surface area contributed by atoms with Crippen LogP contribution in [0.25, 0.3) is 0 Å². The number of aromatic nitrogens is 2. The Hall–Kier alpha value is -2.10. The van der Waals surface area contributed by atoms with Crippen LogP contribution in [-0.4, -0.2) is 14.9 Å². The summed E-state index contributed by atoms with van der Waals surface area (Å²) in [7, 11) is 0. The molecule has 0 aliphatic carbocycles. The fourth-order valence-electron chi connectivity index (χ4n) is 2.46. The molecule has 0 amide bonds. The molecule has 3 aromatic rings. The Morgan fingerprint density at radius 2 is 1.73 bits per heavy atom. The molecular formula is C18H17ClN2O. The SMILES string of the molecule is OCc1cc(Cc2ccccc2)n(Cc2ccccc2Cl)n1. The van der Waals surface area contributed by atoms with Crippen molar-refractivity contribution in [3.8, 4) is 0 Å². The summed E-state index contributed by atoms with van der Waals surface area (Å²) >= 11 is 6.24. The van der Waals surface area contributed by atoms with E-state index in [0.717, 1.165) is 22.7 Å². The monoisotopic (exact) mass is 312 g/mol. The highest BCUT2D eigenvalue weighted by molar-refractivity contribution is 6.31. The first-order valence-electron chi connectivity index (χ1n) is 7.20. The normalized spacial score (nSPS) is 10.8. The predicted molar refractivity (Wildman–Crippen MR) is 88.0 cm³/mol. The second kappa shape index (κ2) is 6.77. The van der Waals surface area contributed by atoms with Gasteiger partial charge in [-0.05, 0) is 23.3 Å². The minimum atomic E-state index is -0.0582. The van der Waals surface area contributed by atoms with Crippen LogP contribution in [0.4, 0.5) is 0 Å². The summed E-state index contributed by atoms with van der Waals surface area (Å²) in [5.41, 5.74) is 3.98. The molecule has 112 valence electrons. The van der Waals surface area contributed by atoms with E-state index in [2.05, 4.69) is 17.2 Å². The average molecular weight is 313 g/mol. The van der Waals surface area contributed by atoms with Crippen LogP contribution < -0.4 is 0 Å². The van der Waals surface area contributed by atoms with Crippen LogP contribution in [0.5, 0.6) is 0 Å². The molecule has 1 heterocycles. The van der Waals surface area contributed by atoms with Crippen molar-refractivity contribution < 1.29 is 5.11 Å². The van der Waals surface area contributed by atoms with Gasteiger partial charge in [-0.3, -0.25) is 4.68 Å². The Morgan fingerprint density at radius 3 is 2.45 bits per heavy atom. The zero-order valence-corrected chi connectivity index (χ0v) is 12.9. The number of hydrogen-bond donors (Lipinski definition) is 1. The third-order valence-electron chi connectivity index (χ3n) is 3.58. The first-order chi connectivity index (χ1) is 10.8. The number of aliphatic hydroxyl groups is 1. The number of aliphatic hydroxyl groups excluding tert-OH is 1. The Labute approximate surface area is 134 Å². The van der Waals surface area contributed by atoms with Gasteiger partial charge in [0, 0.05) is 17.1 Å². The second-order valence-electron chi connectivity index (χ2n) is 5.20. The Bertz CT molecular complexity index is 753. The standard InChI is InChI=1S/C18H17ClN2O/c19-18-9-5-4-8-15(18)12-21-17(11-16(13-22)20-21)10-14-6-2-1-3-7-14/h1-9,11,22H,10,12-13H2. The maximum absolute atomic E-state index is 9.36. The molecular weight excluding hydrogens is 296 g/mol. The average Bonchev–Trinajstić information content (AvgIpc) is 2.92. The van der Waals surface area contributed by atoms with Gasteiger partial charge in [0.15, 0.2) is 0 Å². The molecule has 0 bridgehead atoms. The second-order valence-corrected chi connectivity index (χ2v) is 5.60. The van der Waals surface area contributed by atoms with Crippen molar-refractivity contribution in [1.82, 2.24) is 9.78 Å². The maximum atomic E-state index is 9.36. The molecule has 2 aromatic carbocycles. The van der Waals surface area contributed by atoms with Crippen LogP contribution >= 0.6 is 11.6 Å². The van der Waals surface area contributed by atoms with Crippen molar-refractivity contribution >= 4 is 11.6 Å². The fraction of sp³-hybridized carbons (Fsp3) is 0.167. The first-order valence-corrected chi connectivity index (χ1v) is 7.58. The summed E-state index contributed by atoms with van der Waals surface area (Å²) in [6.45, 7) is 0.541. The topological polar surface area (TPSA) is 38.0 Å². The summed E-state index contributed by atoms with van der Waals surface area (Å²) in [5.74, 6) is 0. The summed E-state index contributed by atoms with van der Waals surface area (Å²) in [6, 6.07) is 19.9. The van der Waals surface area contributed by atoms with E-state index in [-0.39, 0.29) is 6.61 Å². The fourth-order valence-corrected chi connectivity index (χ4v) is 2.66. The van der Waals surface area contributed by atoms with Gasteiger partial charge in [0.1, 0.15) is 0 Å². The molecule has 0 unspecified atom stereocenters. The van der Waals surface area contributed by atoms with E-state index >= 15 is 0 Å². The molecule has 0 aliphatic rings. The van der Waals surface area contributed by atoms with Gasteiger partial charge < -0.3 is 5.11 Å². The molecule has 0 aliphatic heterocycles. The van der Waals surface area contributed by atoms with E-state index in [1.54, 1.807) is 0 Å². The van der Waals surface area contributed by atoms with Gasteiger partial charge in [-0.1, -0.05) is 60.1 Å². The highest BCUT2D eigenvalue weighted by Crippen LogP contribution is 2.19. The number of nitrogens with zero attached hydrogens (tertiary/aromatic N) is 2. The Balaban J connectivity index is 1.90. The smallest absolute Gasteiger partial charge is 0.0882 e. The molecule has 4 heteroatoms. The largest absolute Gasteiger partial charge is 0.390 e. The minimum Gasteiger partial charge on any atom is -0.390 e. The lowest BCUT2D eigenvalue weighted by atomic mass is 10.1. The van der Waals surface area contributed by atoms with Crippen LogP contribution in [0, 0.1) is 0 Å². The zero-order valence-electron chi connectivity index (χ0n) is 12.1. The predicted octanol–water partition coefficient (Wildman–Crippen LogP) is 3.67. The summed E-state index contributed by atoms with van der Waals surface area (Å²) < 4.78 is 1.92. The van der Waals surface area contributed by atoms with Gasteiger partial charge >= 0.3 is 0 Å². The minimum absolute atomic E-state index is 0.0582. The van der Waals surface area contributed by atoms with Crippen LogP contribution in [0.3, 0.4) is 0 Å². The lowest BCUT2D eigenvalue weighted by Crippen LogP contribution is -2.07. The quantitative estimate of drug-likeness (QED) is 0.780. The van der Waals surface area contributed by atoms with Gasteiger partial charge in [-0.25, -0.2) is 0 Å². The van der Waals surface area contributed by atoms with Gasteiger partial charge in [-0.2, -0.15) is 5.10 Å². The summed E-state index contributed by atoms with van der Waals surface area (Å²) in [4.78, 5) is 0. The van der Waals surface area contributed by atoms with Gasteiger partial charge in [-0.15, -0.1) is 0 Å². The number of halogens is 1. The van der Waals surface area contributed by atoms with E-state index in [9.17, 15) is 5.11 Å². The Kier molecular flexibility index (Phi) is 4.56. The molecule has 0 atom stereocenters. The van der Waals surface area contributed by atoms with E-state index in [1.165, 1.54) is 5.56 Å². The van der Waals surface area contributed by atoms with Crippen molar-refractivity contribution in [2.24, 2.45) is 0 Å². The van der Waals surface area contributed by atoms with Crippen molar-refractivity contribution in [3.05, 3.63) is 88.2 Å². The van der Waals surface area contributed by atoms with Gasteiger partial charge in [0.05, 0.1) is 18.8 Å². The van der Waals surface area contributed by atoms with E-state index in [1.807, 2.05) is 53.2 Å². The first kappa shape index (κ1) is 14.8. The van der Waals surface area contributed by atoms with Crippen molar-refractivity contribution in [2.45, 2.75) is 19.6 Å². The molecule has 0 saturated heterocycles. The molecule has 3 nitrogen and oxygen atoms in total. The maximum Gasteiger partial charge on any atom is 0.0882 e. The molecule has 0 saturated carbocycles. The molecule has 1 N–H and O–H groups in total. The van der Waals surface area contributed by atoms with Gasteiger partial charge in [0.25, 0.3) is 0 Å². The van der Waals surface area contributed by atoms with Crippen LogP contribution in [0.1, 0.15) is 22.5 Å². The highest BCUT2D eigenvalue weighted by Gasteiger charge is 2.10. The molecule has 0 spiro atoms. The molecule has 22 heavy (non-hydrogen) atoms. The van der Waals surface area contributed by atoms with E-state index in [4.69, 9.17) is 11.6 Å². The van der Waals surface area contributed by atoms with E-state index in [0.29, 0.717) is 12.2 Å². The van der Waals surface area contributed by atoms with Crippen molar-refractivity contribution in [2.75, 3.05) is 0 Å². The van der Waals surface area contributed by atoms with Crippen molar-refractivity contribution in [1.29, 1.82) is 0 Å². The molecule has 0 radical (unpaired) electrons. The van der Waals surface area contributed by atoms with Crippen molar-refractivity contribution in [3.63, 3.8) is 0 Å². The number of rotatable bonds is 5. The third-order valence-corrected chi connectivity index (χ3v) is 3.95. The van der Waals surface area contributed by atoms with Crippen LogP contribution in [-0.2, 0) is 19.6 Å². The molecule has 3 rings (SSSR count). The van der Waals surface area contributed by atoms with Crippen LogP contribution in [0.15, 0.2) is 60.7 Å². The molecule has 0 fully saturated rings. The summed E-state index contributed by atoms with van der Waals surface area (Å²) in [5, 5.41) is 14.6. The summed E-state index contributed by atoms with van der Waals surface area (Å²) in [6.07, 6.45) is 0.776. The molecule has 1 aromatic heterocycles. The Morgan fingerprint density at radius 1 is 1.00 bits per heavy atom. The van der Waals surface area contributed by atoms with E-state index < -0.39 is 0 Å². The number of benzene rings is 2. The third kappa shape index (κ3) is 3.38. The lowest BCUT2D eigenvalue weighted by molar-refractivity contribution is 0.275. The number of hydrogen-bond acceptors (Lipinski definition) is 2. The lowest BCUT2D eigenvalue weighted by Gasteiger charge is -2.09. The highest BCUT2D eigenvalue weighted by atomic mass is 35.5.